The Kier molecular flexibility index (Phi) is 5.57. The Morgan fingerprint density at radius 3 is 2.50 bits per heavy atom. The van der Waals surface area contributed by atoms with Crippen LogP contribution in [-0.4, -0.2) is 21.0 Å². The van der Waals surface area contributed by atoms with E-state index in [4.69, 9.17) is 5.73 Å². The van der Waals surface area contributed by atoms with Crippen LogP contribution < -0.4 is 16.4 Å². The lowest BCUT2D eigenvalue weighted by Gasteiger charge is -2.14. The van der Waals surface area contributed by atoms with Gasteiger partial charge in [-0.3, -0.25) is 5.32 Å². The Balaban J connectivity index is 1.65. The highest BCUT2D eigenvalue weighted by Crippen LogP contribution is 2.26. The summed E-state index contributed by atoms with van der Waals surface area (Å²) in [6, 6.07) is 6.89. The number of thiazole rings is 1. The largest absolute Gasteiger partial charge is 0.368 e. The number of nitrogens with two attached hydrogens (primary N) is 1. The van der Waals surface area contributed by atoms with Crippen molar-refractivity contribution in [3.8, 4) is 11.8 Å². The van der Waals surface area contributed by atoms with E-state index in [1.54, 1.807) is 24.5 Å². The van der Waals surface area contributed by atoms with Crippen molar-refractivity contribution in [3.63, 3.8) is 0 Å². The second-order valence-electron chi connectivity index (χ2n) is 7.03. The molecule has 0 unspecified atom stereocenters. The zero-order valence-corrected chi connectivity index (χ0v) is 16.6. The van der Waals surface area contributed by atoms with Gasteiger partial charge in [0.1, 0.15) is 0 Å². The molecule has 0 aliphatic rings. The highest BCUT2D eigenvalue weighted by atomic mass is 32.1. The maximum Gasteiger partial charge on any atom is 0.325 e. The van der Waals surface area contributed by atoms with Gasteiger partial charge in [0.15, 0.2) is 5.13 Å². The number of nitrogen functional groups attached to an aromatic ring is 1. The number of amides is 2. The van der Waals surface area contributed by atoms with Crippen molar-refractivity contribution in [1.29, 1.82) is 0 Å². The minimum atomic E-state index is -0.355. The summed E-state index contributed by atoms with van der Waals surface area (Å²) in [5.74, 6) is 6.18. The normalized spacial score (nSPS) is 10.7. The van der Waals surface area contributed by atoms with Crippen LogP contribution in [0.15, 0.2) is 42.0 Å². The van der Waals surface area contributed by atoms with E-state index in [2.05, 4.69) is 58.2 Å². The molecule has 0 radical (unpaired) electrons. The number of hydrogen-bond acceptors (Lipinski definition) is 6. The van der Waals surface area contributed by atoms with Gasteiger partial charge in [0.2, 0.25) is 5.95 Å². The standard InChI is InChI=1S/C20H20N6OS/c1-20(2,3)16-12-28-19(25-16)26-18(27)24-15-6-4-5-13(9-15)7-8-14-10-22-17(21)23-11-14/h4-6,9-12H,1-3H3,(H2,21,22,23)(H2,24,25,26,27). The lowest BCUT2D eigenvalue weighted by molar-refractivity contribution is 0.262. The smallest absolute Gasteiger partial charge is 0.325 e. The summed E-state index contributed by atoms with van der Waals surface area (Å²) in [5, 5.41) is 8.06. The number of rotatable bonds is 2. The van der Waals surface area contributed by atoms with Crippen LogP contribution >= 0.6 is 11.3 Å². The zero-order chi connectivity index (χ0) is 20.1. The summed E-state index contributed by atoms with van der Waals surface area (Å²) in [6.07, 6.45) is 3.12. The minimum Gasteiger partial charge on any atom is -0.368 e. The van der Waals surface area contributed by atoms with Gasteiger partial charge in [0, 0.05) is 34.4 Å². The highest BCUT2D eigenvalue weighted by molar-refractivity contribution is 7.14. The zero-order valence-electron chi connectivity index (χ0n) is 15.8. The fourth-order valence-corrected chi connectivity index (χ4v) is 3.09. The van der Waals surface area contributed by atoms with Crippen LogP contribution in [0.5, 0.6) is 0 Å². The van der Waals surface area contributed by atoms with Crippen molar-refractivity contribution in [2.75, 3.05) is 16.4 Å². The molecule has 2 heterocycles. The van der Waals surface area contributed by atoms with Gasteiger partial charge >= 0.3 is 6.03 Å². The van der Waals surface area contributed by atoms with Gasteiger partial charge in [-0.05, 0) is 18.2 Å². The number of carbonyl (C=O) groups is 1. The fraction of sp³-hybridized carbons (Fsp3) is 0.200. The number of carbonyl (C=O) groups excluding carboxylic acids is 1. The lowest BCUT2D eigenvalue weighted by atomic mass is 9.93. The molecule has 3 rings (SSSR count). The average molecular weight is 392 g/mol. The number of nitrogens with one attached hydrogen (secondary N) is 2. The number of nitrogens with zero attached hydrogens (tertiary/aromatic N) is 3. The lowest BCUT2D eigenvalue weighted by Crippen LogP contribution is -2.19. The van der Waals surface area contributed by atoms with E-state index in [9.17, 15) is 4.79 Å². The number of benzene rings is 1. The van der Waals surface area contributed by atoms with Crippen LogP contribution in [0.4, 0.5) is 21.6 Å². The first-order valence-corrected chi connectivity index (χ1v) is 9.41. The predicted octanol–water partition coefficient (Wildman–Crippen LogP) is 3.86. The summed E-state index contributed by atoms with van der Waals surface area (Å²) in [7, 11) is 0. The maximum atomic E-state index is 12.2. The predicted molar refractivity (Wildman–Crippen MR) is 112 cm³/mol. The third kappa shape index (κ3) is 5.28. The van der Waals surface area contributed by atoms with E-state index < -0.39 is 0 Å². The van der Waals surface area contributed by atoms with E-state index in [0.29, 0.717) is 16.4 Å². The van der Waals surface area contributed by atoms with Crippen molar-refractivity contribution < 1.29 is 4.79 Å². The van der Waals surface area contributed by atoms with Crippen LogP contribution in [-0.2, 0) is 5.41 Å². The molecule has 0 atom stereocenters. The topological polar surface area (TPSA) is 106 Å². The Labute approximate surface area is 167 Å². The van der Waals surface area contributed by atoms with Crippen LogP contribution in [0.3, 0.4) is 0 Å². The van der Waals surface area contributed by atoms with Gasteiger partial charge in [-0.25, -0.2) is 19.7 Å². The summed E-state index contributed by atoms with van der Waals surface area (Å²) in [4.78, 5) is 24.5. The van der Waals surface area contributed by atoms with Crippen LogP contribution in [0, 0.1) is 11.8 Å². The second kappa shape index (κ2) is 8.06. The quantitative estimate of drug-likeness (QED) is 0.574. The molecule has 0 aliphatic heterocycles. The monoisotopic (exact) mass is 392 g/mol. The molecule has 1 aromatic carbocycles. The van der Waals surface area contributed by atoms with E-state index in [1.807, 2.05) is 17.5 Å². The van der Waals surface area contributed by atoms with Gasteiger partial charge in [-0.1, -0.05) is 38.7 Å². The van der Waals surface area contributed by atoms with Crippen molar-refractivity contribution in [2.45, 2.75) is 26.2 Å². The molecule has 0 bridgehead atoms. The minimum absolute atomic E-state index is 0.0601. The molecule has 142 valence electrons. The molecule has 3 aromatic rings. The van der Waals surface area contributed by atoms with Crippen LogP contribution in [0.2, 0.25) is 0 Å². The molecule has 0 aliphatic carbocycles. The summed E-state index contributed by atoms with van der Waals surface area (Å²) in [6.45, 7) is 6.23. The van der Waals surface area contributed by atoms with E-state index in [1.165, 1.54) is 11.3 Å². The fourth-order valence-electron chi connectivity index (χ4n) is 2.16. The number of anilines is 3. The molecule has 7 nitrogen and oxygen atoms in total. The molecule has 2 aromatic heterocycles. The summed E-state index contributed by atoms with van der Waals surface area (Å²) in [5.41, 5.74) is 8.37. The molecule has 0 saturated carbocycles. The first-order chi connectivity index (χ1) is 13.3. The van der Waals surface area contributed by atoms with Crippen LogP contribution in [0.1, 0.15) is 37.6 Å². The Bertz CT molecular complexity index is 1040. The van der Waals surface area contributed by atoms with Crippen molar-refractivity contribution in [3.05, 3.63) is 58.9 Å². The van der Waals surface area contributed by atoms with E-state index >= 15 is 0 Å². The molecule has 0 fully saturated rings. The third-order valence-corrected chi connectivity index (χ3v) is 4.39. The van der Waals surface area contributed by atoms with Crippen LogP contribution in [0.25, 0.3) is 0 Å². The van der Waals surface area contributed by atoms with Gasteiger partial charge in [0.25, 0.3) is 0 Å². The number of hydrogen-bond donors (Lipinski definition) is 3. The molecule has 0 spiro atoms. The van der Waals surface area contributed by atoms with Crippen molar-refractivity contribution in [2.24, 2.45) is 0 Å². The Morgan fingerprint density at radius 2 is 1.82 bits per heavy atom. The van der Waals surface area contributed by atoms with Gasteiger partial charge in [-0.15, -0.1) is 11.3 Å². The Morgan fingerprint density at radius 1 is 1.11 bits per heavy atom. The van der Waals surface area contributed by atoms with E-state index in [-0.39, 0.29) is 17.4 Å². The SMILES string of the molecule is CC(C)(C)c1csc(NC(=O)Nc2cccc(C#Cc3cnc(N)nc3)c2)n1. The first kappa shape index (κ1) is 19.3. The first-order valence-electron chi connectivity index (χ1n) is 8.53. The molecule has 0 saturated heterocycles. The van der Waals surface area contributed by atoms with Gasteiger partial charge in [-0.2, -0.15) is 0 Å². The second-order valence-corrected chi connectivity index (χ2v) is 7.89. The summed E-state index contributed by atoms with van der Waals surface area (Å²) >= 11 is 1.40. The molecule has 8 heteroatoms. The van der Waals surface area contributed by atoms with E-state index in [0.717, 1.165) is 11.3 Å². The Hall–Kier alpha value is -3.44. The molecule has 2 amide bonds. The highest BCUT2D eigenvalue weighted by Gasteiger charge is 2.18. The van der Waals surface area contributed by atoms with Crippen molar-refractivity contribution in [1.82, 2.24) is 15.0 Å². The summed E-state index contributed by atoms with van der Waals surface area (Å²) < 4.78 is 0. The molecule has 4 N–H and O–H groups in total. The molecular formula is C20H20N6OS. The van der Waals surface area contributed by atoms with Gasteiger partial charge in [0.05, 0.1) is 11.3 Å². The van der Waals surface area contributed by atoms with Crippen molar-refractivity contribution >= 4 is 34.1 Å². The third-order valence-electron chi connectivity index (χ3n) is 3.64. The average Bonchev–Trinajstić information content (AvgIpc) is 3.10. The number of aromatic nitrogens is 3. The van der Waals surface area contributed by atoms with Gasteiger partial charge < -0.3 is 11.1 Å². The molecule has 28 heavy (non-hydrogen) atoms. The molecular weight excluding hydrogens is 372 g/mol. The number of urea groups is 1. The maximum absolute atomic E-state index is 12.2.